The summed E-state index contributed by atoms with van der Waals surface area (Å²) in [5.74, 6) is -0.958. The van der Waals surface area contributed by atoms with E-state index in [-0.39, 0.29) is 11.8 Å². The number of carboxylic acid groups (broad SMARTS) is 1. The van der Waals surface area contributed by atoms with E-state index in [9.17, 15) is 9.59 Å². The summed E-state index contributed by atoms with van der Waals surface area (Å²) >= 11 is 0. The van der Waals surface area contributed by atoms with Gasteiger partial charge >= 0.3 is 12.1 Å². The van der Waals surface area contributed by atoms with Gasteiger partial charge in [-0.15, -0.1) is 0 Å². The van der Waals surface area contributed by atoms with Crippen LogP contribution in [0.25, 0.3) is 0 Å². The van der Waals surface area contributed by atoms with Crippen LogP contribution in [-0.2, 0) is 9.53 Å². The van der Waals surface area contributed by atoms with Gasteiger partial charge in [0, 0.05) is 0 Å². The molecule has 1 N–H and O–H groups in total. The predicted octanol–water partition coefficient (Wildman–Crippen LogP) is 1.50. The largest absolute Gasteiger partial charge is 0.513 e. The first-order valence-electron chi connectivity index (χ1n) is 3.39. The van der Waals surface area contributed by atoms with Crippen molar-refractivity contribution in [3.05, 3.63) is 0 Å². The van der Waals surface area contributed by atoms with Gasteiger partial charge in [-0.1, -0.05) is 20.8 Å². The van der Waals surface area contributed by atoms with Crippen molar-refractivity contribution in [3.63, 3.8) is 0 Å². The normalized spacial score (nSPS) is 12.7. The van der Waals surface area contributed by atoms with E-state index < -0.39 is 12.1 Å². The molecule has 1 atom stereocenters. The Labute approximate surface area is 65.2 Å². The first-order chi connectivity index (χ1) is 4.95. The lowest BCUT2D eigenvalue weighted by Crippen LogP contribution is -2.21. The summed E-state index contributed by atoms with van der Waals surface area (Å²) in [5, 5.41) is 8.07. The van der Waals surface area contributed by atoms with Gasteiger partial charge in [-0.05, 0) is 5.92 Å². The molecule has 0 aromatic heterocycles. The summed E-state index contributed by atoms with van der Waals surface area (Å²) in [6.07, 6.45) is -1.54. The average Bonchev–Trinajstić information content (AvgIpc) is 1.84. The molecule has 0 amide bonds. The molecule has 0 aromatic carbocycles. The maximum absolute atomic E-state index is 10.8. The molecule has 4 nitrogen and oxygen atoms in total. The topological polar surface area (TPSA) is 63.6 Å². The Bertz CT molecular complexity index is 162. The molecule has 1 unspecified atom stereocenters. The molecule has 64 valence electrons. The Kier molecular flexibility index (Phi) is 3.57. The molecule has 0 aliphatic carbocycles. The highest BCUT2D eigenvalue weighted by molar-refractivity contribution is 5.82. The highest BCUT2D eigenvalue weighted by atomic mass is 16.7. The number of rotatable bonds is 2. The van der Waals surface area contributed by atoms with E-state index in [4.69, 9.17) is 5.11 Å². The van der Waals surface area contributed by atoms with E-state index in [1.54, 1.807) is 6.92 Å². The van der Waals surface area contributed by atoms with Gasteiger partial charge < -0.3 is 9.84 Å². The van der Waals surface area contributed by atoms with Gasteiger partial charge in [0.05, 0.1) is 5.92 Å². The smallest absolute Gasteiger partial charge is 0.449 e. The van der Waals surface area contributed by atoms with Crippen LogP contribution < -0.4 is 0 Å². The van der Waals surface area contributed by atoms with Crippen molar-refractivity contribution >= 4 is 12.1 Å². The predicted molar refractivity (Wildman–Crippen MR) is 38.1 cm³/mol. The van der Waals surface area contributed by atoms with E-state index in [1.807, 2.05) is 13.8 Å². The second-order valence-corrected chi connectivity index (χ2v) is 2.72. The molecule has 0 aromatic rings. The highest BCUT2D eigenvalue weighted by Gasteiger charge is 2.20. The minimum atomic E-state index is -1.54. The molecule has 0 saturated carbocycles. The molecule has 0 aliphatic heterocycles. The highest BCUT2D eigenvalue weighted by Crippen LogP contribution is 2.10. The van der Waals surface area contributed by atoms with Gasteiger partial charge in [-0.3, -0.25) is 4.79 Å². The van der Waals surface area contributed by atoms with Crippen LogP contribution in [0.5, 0.6) is 0 Å². The SMILES string of the molecule is CC(C)C(C)C(=O)OC(=O)O. The first-order valence-corrected chi connectivity index (χ1v) is 3.39. The standard InChI is InChI=1S/C7H12O4/c1-4(2)5(3)6(8)11-7(9)10/h4-5H,1-3H3,(H,9,10). The zero-order chi connectivity index (χ0) is 9.02. The molecule has 0 radical (unpaired) electrons. The third kappa shape index (κ3) is 3.60. The maximum atomic E-state index is 10.8. The van der Waals surface area contributed by atoms with Crippen molar-refractivity contribution in [2.45, 2.75) is 20.8 Å². The fourth-order valence-electron chi connectivity index (χ4n) is 0.451. The summed E-state index contributed by atoms with van der Waals surface area (Å²) in [4.78, 5) is 20.7. The molecular formula is C7H12O4. The van der Waals surface area contributed by atoms with Gasteiger partial charge in [0.2, 0.25) is 0 Å². The minimum absolute atomic E-state index is 0.0989. The van der Waals surface area contributed by atoms with Gasteiger partial charge in [-0.25, -0.2) is 4.79 Å². The molecule has 0 heterocycles. The molecule has 0 fully saturated rings. The Morgan fingerprint density at radius 1 is 1.27 bits per heavy atom. The average molecular weight is 160 g/mol. The molecule has 0 bridgehead atoms. The van der Waals surface area contributed by atoms with Crippen molar-refractivity contribution in [1.29, 1.82) is 0 Å². The minimum Gasteiger partial charge on any atom is -0.449 e. The second kappa shape index (κ2) is 3.95. The Morgan fingerprint density at radius 3 is 2.00 bits per heavy atom. The first kappa shape index (κ1) is 9.94. The van der Waals surface area contributed by atoms with Crippen molar-refractivity contribution < 1.29 is 19.4 Å². The number of carbonyl (C=O) groups excluding carboxylic acids is 1. The van der Waals surface area contributed by atoms with E-state index in [0.717, 1.165) is 0 Å². The summed E-state index contributed by atoms with van der Waals surface area (Å²) < 4.78 is 3.95. The van der Waals surface area contributed by atoms with Gasteiger partial charge in [0.1, 0.15) is 0 Å². The van der Waals surface area contributed by atoms with Gasteiger partial charge in [0.25, 0.3) is 0 Å². The summed E-state index contributed by atoms with van der Waals surface area (Å²) in [7, 11) is 0. The zero-order valence-corrected chi connectivity index (χ0v) is 6.83. The molecule has 4 heteroatoms. The van der Waals surface area contributed by atoms with Crippen molar-refractivity contribution in [2.75, 3.05) is 0 Å². The van der Waals surface area contributed by atoms with Crippen LogP contribution in [-0.4, -0.2) is 17.2 Å². The Morgan fingerprint density at radius 2 is 1.73 bits per heavy atom. The van der Waals surface area contributed by atoms with Crippen LogP contribution in [0, 0.1) is 11.8 Å². The second-order valence-electron chi connectivity index (χ2n) is 2.72. The van der Waals surface area contributed by atoms with Crippen LogP contribution in [0.3, 0.4) is 0 Å². The van der Waals surface area contributed by atoms with E-state index in [1.165, 1.54) is 0 Å². The quantitative estimate of drug-likeness (QED) is 0.491. The molecular weight excluding hydrogens is 148 g/mol. The Balaban J connectivity index is 3.93. The monoisotopic (exact) mass is 160 g/mol. The fraction of sp³-hybridized carbons (Fsp3) is 0.714. The number of hydrogen-bond donors (Lipinski definition) is 1. The Hall–Kier alpha value is -1.06. The third-order valence-corrected chi connectivity index (χ3v) is 1.56. The van der Waals surface area contributed by atoms with Crippen LogP contribution in [0.15, 0.2) is 0 Å². The molecule has 11 heavy (non-hydrogen) atoms. The number of ether oxygens (including phenoxy) is 1. The number of carbonyl (C=O) groups is 2. The number of esters is 1. The van der Waals surface area contributed by atoms with E-state index >= 15 is 0 Å². The van der Waals surface area contributed by atoms with Gasteiger partial charge in [0.15, 0.2) is 0 Å². The van der Waals surface area contributed by atoms with Crippen molar-refractivity contribution in [2.24, 2.45) is 11.8 Å². The molecule has 0 saturated heterocycles. The lowest BCUT2D eigenvalue weighted by molar-refractivity contribution is -0.144. The third-order valence-electron chi connectivity index (χ3n) is 1.56. The van der Waals surface area contributed by atoms with Crippen LogP contribution in [0.2, 0.25) is 0 Å². The van der Waals surface area contributed by atoms with E-state index in [2.05, 4.69) is 4.74 Å². The van der Waals surface area contributed by atoms with Crippen molar-refractivity contribution in [3.8, 4) is 0 Å². The maximum Gasteiger partial charge on any atom is 0.513 e. The fourth-order valence-corrected chi connectivity index (χ4v) is 0.451. The van der Waals surface area contributed by atoms with Crippen LogP contribution >= 0.6 is 0 Å². The van der Waals surface area contributed by atoms with E-state index in [0.29, 0.717) is 0 Å². The molecule has 0 aliphatic rings. The van der Waals surface area contributed by atoms with Crippen LogP contribution in [0.4, 0.5) is 4.79 Å². The molecule has 0 rings (SSSR count). The lowest BCUT2D eigenvalue weighted by atomic mass is 9.99. The lowest BCUT2D eigenvalue weighted by Gasteiger charge is -2.11. The summed E-state index contributed by atoms with van der Waals surface area (Å²) in [6.45, 7) is 5.29. The summed E-state index contributed by atoms with van der Waals surface area (Å²) in [6, 6.07) is 0. The van der Waals surface area contributed by atoms with Crippen LogP contribution in [0.1, 0.15) is 20.8 Å². The van der Waals surface area contributed by atoms with Gasteiger partial charge in [-0.2, -0.15) is 0 Å². The van der Waals surface area contributed by atoms with Crippen molar-refractivity contribution in [1.82, 2.24) is 0 Å². The number of hydrogen-bond acceptors (Lipinski definition) is 3. The molecule has 0 spiro atoms. The zero-order valence-electron chi connectivity index (χ0n) is 6.83. The summed E-state index contributed by atoms with van der Waals surface area (Å²) in [5.41, 5.74) is 0.